The Balaban J connectivity index is 1.60. The Morgan fingerprint density at radius 1 is 0.943 bits per heavy atom. The van der Waals surface area contributed by atoms with Gasteiger partial charge < -0.3 is 5.32 Å². The fraction of sp³-hybridized carbons (Fsp3) is 0.333. The maximum absolute atomic E-state index is 13.5. The van der Waals surface area contributed by atoms with Gasteiger partial charge in [0.25, 0.3) is 12.9 Å². The van der Waals surface area contributed by atoms with Crippen molar-refractivity contribution >= 4 is 22.6 Å². The average Bonchev–Trinajstić information content (AvgIpc) is 3.25. The lowest BCUT2D eigenvalue weighted by molar-refractivity contribution is -0.116. The summed E-state index contributed by atoms with van der Waals surface area (Å²) in [6.07, 6.45) is -6.04. The van der Waals surface area contributed by atoms with E-state index in [2.05, 4.69) is 20.5 Å². The van der Waals surface area contributed by atoms with Crippen LogP contribution in [0, 0.1) is 27.7 Å². The molecule has 184 valence electrons. The number of halogens is 4. The summed E-state index contributed by atoms with van der Waals surface area (Å²) in [4.78, 5) is 16.7. The van der Waals surface area contributed by atoms with Gasteiger partial charge in [0.05, 0.1) is 34.7 Å². The number of aromatic nitrogens is 5. The van der Waals surface area contributed by atoms with Gasteiger partial charge in [-0.3, -0.25) is 9.48 Å². The van der Waals surface area contributed by atoms with E-state index in [0.717, 1.165) is 21.5 Å². The number of hydrogen-bond donors (Lipinski definition) is 1. The molecule has 0 aliphatic heterocycles. The highest BCUT2D eigenvalue weighted by atomic mass is 19.3. The van der Waals surface area contributed by atoms with Gasteiger partial charge in [-0.15, -0.1) is 0 Å². The summed E-state index contributed by atoms with van der Waals surface area (Å²) in [6, 6.07) is 8.71. The summed E-state index contributed by atoms with van der Waals surface area (Å²) in [5, 5.41) is 11.4. The van der Waals surface area contributed by atoms with Crippen molar-refractivity contribution in [3.63, 3.8) is 0 Å². The van der Waals surface area contributed by atoms with Crippen molar-refractivity contribution in [2.45, 2.75) is 53.6 Å². The first-order valence-electron chi connectivity index (χ1n) is 10.9. The van der Waals surface area contributed by atoms with Gasteiger partial charge in [-0.25, -0.2) is 27.2 Å². The molecule has 3 aromatic heterocycles. The number of rotatable bonds is 7. The number of amides is 1. The van der Waals surface area contributed by atoms with Crippen LogP contribution >= 0.6 is 0 Å². The normalized spacial score (nSPS) is 11.7. The number of fused-ring (bicyclic) bond motifs is 1. The summed E-state index contributed by atoms with van der Waals surface area (Å²) in [5.41, 5.74) is 2.66. The molecule has 0 spiro atoms. The van der Waals surface area contributed by atoms with Gasteiger partial charge >= 0.3 is 0 Å². The summed E-state index contributed by atoms with van der Waals surface area (Å²) in [5.74, 6) is -0.515. The van der Waals surface area contributed by atoms with E-state index in [0.29, 0.717) is 24.0 Å². The van der Waals surface area contributed by atoms with Crippen LogP contribution in [0.25, 0.3) is 11.0 Å². The largest absolute Gasteiger partial charge is 0.321 e. The Kier molecular flexibility index (Phi) is 6.60. The van der Waals surface area contributed by atoms with Crippen LogP contribution in [0.3, 0.4) is 0 Å². The van der Waals surface area contributed by atoms with Gasteiger partial charge in [-0.1, -0.05) is 29.8 Å². The average molecular weight is 488 g/mol. The zero-order valence-electron chi connectivity index (χ0n) is 19.6. The Morgan fingerprint density at radius 3 is 2.23 bits per heavy atom. The number of nitrogens with zero attached hydrogens (tertiary/aromatic N) is 5. The van der Waals surface area contributed by atoms with Gasteiger partial charge in [0, 0.05) is 5.56 Å². The summed E-state index contributed by atoms with van der Waals surface area (Å²) in [6.45, 7) is 7.17. The molecule has 0 aliphatic carbocycles. The lowest BCUT2D eigenvalue weighted by Crippen LogP contribution is -2.20. The first-order chi connectivity index (χ1) is 16.5. The molecular formula is C24H24F4N6O. The molecule has 11 heteroatoms. The number of pyridine rings is 1. The van der Waals surface area contributed by atoms with Crippen LogP contribution in [0.15, 0.2) is 30.3 Å². The number of nitrogens with one attached hydrogen (secondary N) is 1. The van der Waals surface area contributed by atoms with Crippen molar-refractivity contribution in [2.75, 3.05) is 5.32 Å². The number of alkyl halides is 4. The zero-order chi connectivity index (χ0) is 25.4. The smallest absolute Gasteiger partial charge is 0.280 e. The summed E-state index contributed by atoms with van der Waals surface area (Å²) >= 11 is 0. The number of carbonyl (C=O) groups is 1. The summed E-state index contributed by atoms with van der Waals surface area (Å²) in [7, 11) is 0. The highest BCUT2D eigenvalue weighted by molar-refractivity contribution is 5.93. The molecule has 0 unspecified atom stereocenters. The van der Waals surface area contributed by atoms with Crippen LogP contribution in [-0.4, -0.2) is 30.5 Å². The second kappa shape index (κ2) is 9.47. The van der Waals surface area contributed by atoms with E-state index in [1.54, 1.807) is 11.6 Å². The molecule has 1 aromatic carbocycles. The molecule has 0 saturated heterocycles. The Morgan fingerprint density at radius 2 is 1.60 bits per heavy atom. The minimum atomic E-state index is -3.04. The molecule has 0 saturated carbocycles. The Labute approximate surface area is 198 Å². The van der Waals surface area contributed by atoms with Crippen LogP contribution in [-0.2, 0) is 17.9 Å². The number of aryl methyl sites for hydroxylation is 3. The fourth-order valence-electron chi connectivity index (χ4n) is 4.01. The van der Waals surface area contributed by atoms with Crippen molar-refractivity contribution in [1.82, 2.24) is 24.5 Å². The second-order valence-electron chi connectivity index (χ2n) is 8.42. The van der Waals surface area contributed by atoms with E-state index in [1.165, 1.54) is 6.92 Å². The predicted molar refractivity (Wildman–Crippen MR) is 123 cm³/mol. The molecule has 0 aliphatic rings. The number of anilines is 1. The van der Waals surface area contributed by atoms with Crippen molar-refractivity contribution in [2.24, 2.45) is 0 Å². The standard InChI is InChI=1S/C24H24F4N6O/c1-12-5-7-16(8-6-12)10-33-15(4)21(14(3)32-33)30-19(35)11-34-24-20(13(2)31-34)17(22(25)26)9-18(29-24)23(27)28/h5-9,22-23H,10-11H2,1-4H3,(H,30,35). The Hall–Kier alpha value is -3.76. The molecule has 3 heterocycles. The molecule has 1 N–H and O–H groups in total. The van der Waals surface area contributed by atoms with Gasteiger partial charge in [-0.2, -0.15) is 10.2 Å². The maximum atomic E-state index is 13.5. The molecular weight excluding hydrogens is 464 g/mol. The maximum Gasteiger partial charge on any atom is 0.280 e. The van der Waals surface area contributed by atoms with Crippen LogP contribution < -0.4 is 5.32 Å². The van der Waals surface area contributed by atoms with E-state index in [1.807, 2.05) is 38.1 Å². The molecule has 4 rings (SSSR count). The highest BCUT2D eigenvalue weighted by Gasteiger charge is 2.24. The van der Waals surface area contributed by atoms with Crippen LogP contribution in [0.5, 0.6) is 0 Å². The lowest BCUT2D eigenvalue weighted by Gasteiger charge is -2.09. The topological polar surface area (TPSA) is 77.6 Å². The zero-order valence-corrected chi connectivity index (χ0v) is 19.6. The predicted octanol–water partition coefficient (Wildman–Crippen LogP) is 5.42. The van der Waals surface area contributed by atoms with Crippen molar-refractivity contribution < 1.29 is 22.4 Å². The lowest BCUT2D eigenvalue weighted by atomic mass is 10.1. The number of benzene rings is 1. The van der Waals surface area contributed by atoms with E-state index in [4.69, 9.17) is 0 Å². The number of carbonyl (C=O) groups excluding carboxylic acids is 1. The minimum Gasteiger partial charge on any atom is -0.321 e. The van der Waals surface area contributed by atoms with Crippen LogP contribution in [0.4, 0.5) is 23.2 Å². The second-order valence-corrected chi connectivity index (χ2v) is 8.42. The quantitative estimate of drug-likeness (QED) is 0.352. The van der Waals surface area contributed by atoms with Gasteiger partial charge in [0.1, 0.15) is 12.2 Å². The molecule has 0 atom stereocenters. The van der Waals surface area contributed by atoms with E-state index in [-0.39, 0.29) is 16.7 Å². The third-order valence-corrected chi connectivity index (χ3v) is 5.78. The van der Waals surface area contributed by atoms with E-state index in [9.17, 15) is 22.4 Å². The highest BCUT2D eigenvalue weighted by Crippen LogP contribution is 2.32. The number of hydrogen-bond acceptors (Lipinski definition) is 4. The Bertz CT molecular complexity index is 1390. The van der Waals surface area contributed by atoms with Crippen molar-refractivity contribution in [3.05, 3.63) is 69.8 Å². The van der Waals surface area contributed by atoms with E-state index < -0.39 is 36.6 Å². The van der Waals surface area contributed by atoms with Gasteiger partial charge in [0.15, 0.2) is 5.65 Å². The molecule has 0 bridgehead atoms. The molecule has 4 aromatic rings. The van der Waals surface area contributed by atoms with Crippen LogP contribution in [0.2, 0.25) is 0 Å². The van der Waals surface area contributed by atoms with Gasteiger partial charge in [-0.05, 0) is 39.3 Å². The van der Waals surface area contributed by atoms with Crippen molar-refractivity contribution in [3.8, 4) is 0 Å². The van der Waals surface area contributed by atoms with Crippen molar-refractivity contribution in [1.29, 1.82) is 0 Å². The molecule has 7 nitrogen and oxygen atoms in total. The minimum absolute atomic E-state index is 0.0320. The van der Waals surface area contributed by atoms with E-state index >= 15 is 0 Å². The molecule has 0 fully saturated rings. The monoisotopic (exact) mass is 488 g/mol. The third kappa shape index (κ3) is 4.89. The molecule has 0 radical (unpaired) electrons. The molecule has 35 heavy (non-hydrogen) atoms. The third-order valence-electron chi connectivity index (χ3n) is 5.78. The fourth-order valence-corrected chi connectivity index (χ4v) is 4.01. The first-order valence-corrected chi connectivity index (χ1v) is 10.9. The molecule has 1 amide bonds. The first kappa shape index (κ1) is 24.4. The SMILES string of the molecule is Cc1ccc(Cn2nc(C)c(NC(=O)Cn3nc(C)c4c(C(F)F)cc(C(F)F)nc43)c2C)cc1. The summed E-state index contributed by atoms with van der Waals surface area (Å²) < 4.78 is 56.5. The van der Waals surface area contributed by atoms with Crippen LogP contribution in [0.1, 0.15) is 52.3 Å². The van der Waals surface area contributed by atoms with Gasteiger partial charge in [0.2, 0.25) is 5.91 Å².